The number of rotatable bonds is 6. The predicted octanol–water partition coefficient (Wildman–Crippen LogP) is 2.51. The van der Waals surface area contributed by atoms with E-state index in [4.69, 9.17) is 0 Å². The Morgan fingerprint density at radius 3 is 2.68 bits per heavy atom. The minimum absolute atomic E-state index is 0.292. The lowest BCUT2D eigenvalue weighted by Gasteiger charge is -2.24. The van der Waals surface area contributed by atoms with Crippen LogP contribution in [0.5, 0.6) is 0 Å². The minimum atomic E-state index is -1.03. The monoisotopic (exact) mass is 355 g/mol. The second-order valence-electron chi connectivity index (χ2n) is 5.62. The average Bonchev–Trinajstić information content (AvgIpc) is 3.14. The van der Waals surface area contributed by atoms with Crippen LogP contribution in [0.25, 0.3) is 0 Å². The molecule has 1 amide bonds. The van der Waals surface area contributed by atoms with Gasteiger partial charge in [0.2, 0.25) is 5.13 Å². The van der Waals surface area contributed by atoms with E-state index in [-0.39, 0.29) is 5.91 Å². The molecule has 0 bridgehead atoms. The summed E-state index contributed by atoms with van der Waals surface area (Å²) in [5, 5.41) is 24.1. The van der Waals surface area contributed by atoms with Crippen molar-refractivity contribution < 1.29 is 9.90 Å². The third-order valence-electron chi connectivity index (χ3n) is 3.62. The van der Waals surface area contributed by atoms with Gasteiger partial charge in [-0.2, -0.15) is 0 Å². The van der Waals surface area contributed by atoms with E-state index in [9.17, 15) is 9.90 Å². The summed E-state index contributed by atoms with van der Waals surface area (Å²) in [6, 6.07) is 12.8. The number of benzene rings is 1. The van der Waals surface area contributed by atoms with Gasteiger partial charge < -0.3 is 10.4 Å². The van der Waals surface area contributed by atoms with Crippen LogP contribution in [0.4, 0.5) is 10.9 Å². The molecule has 2 aromatic heterocycles. The lowest BCUT2D eigenvalue weighted by Crippen LogP contribution is -2.30. The Bertz CT molecular complexity index is 820. The number of carbonyl (C=O) groups is 1. The number of anilines is 2. The average molecular weight is 355 g/mol. The fraction of sp³-hybridized carbons (Fsp3) is 0.176. The van der Waals surface area contributed by atoms with Crippen molar-refractivity contribution in [3.05, 3.63) is 65.3 Å². The van der Waals surface area contributed by atoms with Crippen molar-refractivity contribution in [2.75, 3.05) is 17.2 Å². The summed E-state index contributed by atoms with van der Waals surface area (Å²) in [4.78, 5) is 16.3. The summed E-state index contributed by atoms with van der Waals surface area (Å²) in [5.41, 5.74) is 1.74. The first kappa shape index (κ1) is 17.0. The number of hydrogen-bond donors (Lipinski definition) is 3. The third-order valence-corrected chi connectivity index (χ3v) is 4.22. The fourth-order valence-corrected chi connectivity index (χ4v) is 2.63. The van der Waals surface area contributed by atoms with Gasteiger partial charge in [0.1, 0.15) is 16.9 Å². The van der Waals surface area contributed by atoms with Crippen LogP contribution in [0.3, 0.4) is 0 Å². The molecule has 0 aliphatic rings. The number of nitrogens with one attached hydrogen (secondary N) is 2. The topological polar surface area (TPSA) is 100 Å². The molecule has 0 aliphatic carbocycles. The molecule has 1 aromatic carbocycles. The van der Waals surface area contributed by atoms with Gasteiger partial charge in [-0.25, -0.2) is 4.98 Å². The summed E-state index contributed by atoms with van der Waals surface area (Å²) >= 11 is 1.24. The van der Waals surface area contributed by atoms with Crippen molar-refractivity contribution in [1.82, 2.24) is 15.2 Å². The molecular weight excluding hydrogens is 338 g/mol. The van der Waals surface area contributed by atoms with Gasteiger partial charge in [0.25, 0.3) is 5.91 Å². The van der Waals surface area contributed by atoms with E-state index >= 15 is 0 Å². The van der Waals surface area contributed by atoms with Crippen LogP contribution in [0.2, 0.25) is 0 Å². The molecule has 1 atom stereocenters. The lowest BCUT2D eigenvalue weighted by atomic mass is 9.96. The van der Waals surface area contributed by atoms with Gasteiger partial charge in [-0.1, -0.05) is 41.7 Å². The van der Waals surface area contributed by atoms with Crippen LogP contribution in [0.15, 0.2) is 54.2 Å². The minimum Gasteiger partial charge on any atom is -0.384 e. The van der Waals surface area contributed by atoms with Crippen molar-refractivity contribution in [3.8, 4) is 0 Å². The van der Waals surface area contributed by atoms with Gasteiger partial charge in [-0.05, 0) is 24.6 Å². The molecule has 7 nitrogen and oxygen atoms in total. The van der Waals surface area contributed by atoms with Crippen molar-refractivity contribution >= 4 is 28.2 Å². The maximum Gasteiger partial charge on any atom is 0.259 e. The molecule has 128 valence electrons. The first-order chi connectivity index (χ1) is 12.0. The number of carbonyl (C=O) groups excluding carboxylic acids is 1. The molecule has 3 aromatic rings. The van der Waals surface area contributed by atoms with Crippen LogP contribution in [-0.4, -0.2) is 32.7 Å². The Hall–Kier alpha value is -2.84. The quantitative estimate of drug-likeness (QED) is 0.628. The van der Waals surface area contributed by atoms with Crippen molar-refractivity contribution in [2.24, 2.45) is 0 Å². The van der Waals surface area contributed by atoms with E-state index in [1.807, 2.05) is 30.3 Å². The van der Waals surface area contributed by atoms with Crippen molar-refractivity contribution in [3.63, 3.8) is 0 Å². The third kappa shape index (κ3) is 4.37. The van der Waals surface area contributed by atoms with E-state index in [1.54, 1.807) is 24.6 Å². The molecule has 25 heavy (non-hydrogen) atoms. The molecule has 0 spiro atoms. The van der Waals surface area contributed by atoms with Crippen LogP contribution in [-0.2, 0) is 5.60 Å². The van der Waals surface area contributed by atoms with Crippen molar-refractivity contribution in [2.45, 2.75) is 12.5 Å². The summed E-state index contributed by atoms with van der Waals surface area (Å²) in [7, 11) is 0. The summed E-state index contributed by atoms with van der Waals surface area (Å²) in [6.45, 7) is 2.03. The maximum atomic E-state index is 12.1. The molecule has 3 rings (SSSR count). The highest BCUT2D eigenvalue weighted by atomic mass is 32.1. The smallest absolute Gasteiger partial charge is 0.259 e. The lowest BCUT2D eigenvalue weighted by molar-refractivity contribution is 0.0714. The van der Waals surface area contributed by atoms with Gasteiger partial charge in [0.15, 0.2) is 0 Å². The zero-order valence-electron chi connectivity index (χ0n) is 13.5. The largest absolute Gasteiger partial charge is 0.384 e. The van der Waals surface area contributed by atoms with Crippen LogP contribution in [0, 0.1) is 0 Å². The fourth-order valence-electron chi connectivity index (χ4n) is 2.19. The zero-order valence-corrected chi connectivity index (χ0v) is 14.3. The van der Waals surface area contributed by atoms with Crippen LogP contribution < -0.4 is 10.6 Å². The number of amides is 1. The van der Waals surface area contributed by atoms with E-state index < -0.39 is 5.60 Å². The van der Waals surface area contributed by atoms with Gasteiger partial charge in [-0.3, -0.25) is 10.1 Å². The van der Waals surface area contributed by atoms with Crippen LogP contribution >= 0.6 is 11.3 Å². The molecule has 0 saturated carbocycles. The van der Waals surface area contributed by atoms with E-state index in [2.05, 4.69) is 25.8 Å². The van der Waals surface area contributed by atoms with Crippen LogP contribution in [0.1, 0.15) is 22.8 Å². The highest BCUT2D eigenvalue weighted by Gasteiger charge is 2.22. The Morgan fingerprint density at radius 1 is 1.24 bits per heavy atom. The Morgan fingerprint density at radius 2 is 2.04 bits per heavy atom. The molecule has 2 heterocycles. The molecule has 3 N–H and O–H groups in total. The first-order valence-electron chi connectivity index (χ1n) is 7.60. The van der Waals surface area contributed by atoms with Crippen molar-refractivity contribution in [1.29, 1.82) is 0 Å². The molecule has 0 radical (unpaired) electrons. The summed E-state index contributed by atoms with van der Waals surface area (Å²) in [6.07, 6.45) is 1.47. The van der Waals surface area contributed by atoms with E-state index in [1.165, 1.54) is 17.5 Å². The maximum absolute atomic E-state index is 12.1. The second-order valence-corrected chi connectivity index (χ2v) is 6.46. The SMILES string of the molecule is CC(O)(CNc1ccc(C(=O)Nc2nncs2)cn1)c1ccccc1. The Balaban J connectivity index is 1.60. The highest BCUT2D eigenvalue weighted by Crippen LogP contribution is 2.20. The molecule has 1 unspecified atom stereocenters. The molecule has 0 aliphatic heterocycles. The number of nitrogens with zero attached hydrogens (tertiary/aromatic N) is 3. The summed E-state index contributed by atoms with van der Waals surface area (Å²) < 4.78 is 0. The van der Waals surface area contributed by atoms with Gasteiger partial charge >= 0.3 is 0 Å². The number of aromatic nitrogens is 3. The van der Waals surface area contributed by atoms with Gasteiger partial charge in [0, 0.05) is 12.7 Å². The Kier molecular flexibility index (Phi) is 5.01. The number of pyridine rings is 1. The number of aliphatic hydroxyl groups is 1. The highest BCUT2D eigenvalue weighted by molar-refractivity contribution is 7.13. The molecule has 8 heteroatoms. The molecule has 0 saturated heterocycles. The zero-order chi connectivity index (χ0) is 17.7. The van der Waals surface area contributed by atoms with E-state index in [0.717, 1.165) is 5.56 Å². The molecular formula is C17H17N5O2S. The summed E-state index contributed by atoms with van der Waals surface area (Å²) in [5.74, 6) is 0.274. The second kappa shape index (κ2) is 7.37. The first-order valence-corrected chi connectivity index (χ1v) is 8.48. The normalized spacial score (nSPS) is 13.0. The van der Waals surface area contributed by atoms with Gasteiger partial charge in [-0.15, -0.1) is 10.2 Å². The molecule has 0 fully saturated rings. The number of hydrogen-bond acceptors (Lipinski definition) is 7. The Labute approximate surface area is 148 Å². The van der Waals surface area contributed by atoms with Gasteiger partial charge in [0.05, 0.1) is 5.56 Å². The standard InChI is InChI=1S/C17H17N5O2S/c1-17(24,13-5-3-2-4-6-13)10-19-14-8-7-12(9-18-14)15(23)21-16-22-20-11-25-16/h2-9,11,24H,10H2,1H3,(H,18,19)(H,21,22,23). The predicted molar refractivity (Wildman–Crippen MR) is 96.6 cm³/mol. The van der Waals surface area contributed by atoms with E-state index in [0.29, 0.717) is 23.1 Å².